The first-order valence-electron chi connectivity index (χ1n) is 6.37. The predicted octanol–water partition coefficient (Wildman–Crippen LogP) is 4.62. The van der Waals surface area contributed by atoms with E-state index in [1.54, 1.807) is 0 Å². The van der Waals surface area contributed by atoms with Crippen LogP contribution in [0.4, 0.5) is 0 Å². The lowest BCUT2D eigenvalue weighted by molar-refractivity contribution is 1.21. The molecule has 94 valence electrons. The van der Waals surface area contributed by atoms with Crippen LogP contribution in [0.5, 0.6) is 0 Å². The van der Waals surface area contributed by atoms with Crippen molar-refractivity contribution < 1.29 is 0 Å². The smallest absolute Gasteiger partial charge is 0.0385 e. The highest BCUT2D eigenvalue weighted by molar-refractivity contribution is 8.20. The Hall–Kier alpha value is -1.43. The Bertz CT molecular complexity index is 656. The second kappa shape index (κ2) is 5.28. The summed E-state index contributed by atoms with van der Waals surface area (Å²) in [5.74, 6) is 2.25. The first-order chi connectivity index (χ1) is 9.31. The van der Waals surface area contributed by atoms with Crippen molar-refractivity contribution in [1.29, 1.82) is 0 Å². The van der Waals surface area contributed by atoms with Crippen molar-refractivity contribution in [2.45, 2.75) is 5.66 Å². The van der Waals surface area contributed by atoms with Crippen LogP contribution < -0.4 is 5.30 Å². The van der Waals surface area contributed by atoms with E-state index in [0.29, 0.717) is 5.66 Å². The molecule has 3 rings (SSSR count). The SMILES string of the molecule is S=P1(c2ccccc2)C=CC=CC1c1ccccc1. The minimum atomic E-state index is -1.73. The summed E-state index contributed by atoms with van der Waals surface area (Å²) in [6.45, 7) is 0. The van der Waals surface area contributed by atoms with Gasteiger partial charge in [-0.05, 0) is 16.7 Å². The van der Waals surface area contributed by atoms with Gasteiger partial charge in [-0.1, -0.05) is 90.7 Å². The van der Waals surface area contributed by atoms with Gasteiger partial charge in [0.15, 0.2) is 0 Å². The zero-order chi connectivity index (χ0) is 13.1. The van der Waals surface area contributed by atoms with Gasteiger partial charge >= 0.3 is 0 Å². The minimum absolute atomic E-state index is 0.316. The van der Waals surface area contributed by atoms with Crippen molar-refractivity contribution in [3.05, 3.63) is 90.3 Å². The van der Waals surface area contributed by atoms with Gasteiger partial charge in [0.05, 0.1) is 0 Å². The number of rotatable bonds is 2. The highest BCUT2D eigenvalue weighted by atomic mass is 32.4. The molecule has 2 aromatic carbocycles. The third kappa shape index (κ3) is 2.36. The Balaban J connectivity index is 2.11. The molecule has 1 aliphatic rings. The predicted molar refractivity (Wildman–Crippen MR) is 87.8 cm³/mol. The summed E-state index contributed by atoms with van der Waals surface area (Å²) in [7, 11) is 0. The van der Waals surface area contributed by atoms with E-state index in [9.17, 15) is 0 Å². The molecule has 0 nitrogen and oxygen atoms in total. The molecule has 0 saturated heterocycles. The molecule has 2 atom stereocenters. The van der Waals surface area contributed by atoms with Gasteiger partial charge in [-0.15, -0.1) is 0 Å². The van der Waals surface area contributed by atoms with Crippen molar-refractivity contribution >= 4 is 23.1 Å². The Morgan fingerprint density at radius 2 is 1.42 bits per heavy atom. The lowest BCUT2D eigenvalue weighted by Gasteiger charge is -2.29. The van der Waals surface area contributed by atoms with Crippen molar-refractivity contribution in [2.75, 3.05) is 0 Å². The van der Waals surface area contributed by atoms with Gasteiger partial charge in [0.1, 0.15) is 0 Å². The van der Waals surface area contributed by atoms with Crippen LogP contribution >= 0.6 is 6.04 Å². The fraction of sp³-hybridized carbons (Fsp3) is 0.0588. The molecule has 1 heterocycles. The lowest BCUT2D eigenvalue weighted by Crippen LogP contribution is -2.10. The number of benzene rings is 2. The molecule has 1 aliphatic heterocycles. The molecule has 0 bridgehead atoms. The molecule has 0 spiro atoms. The molecule has 0 radical (unpaired) electrons. The van der Waals surface area contributed by atoms with E-state index in [-0.39, 0.29) is 0 Å². The largest absolute Gasteiger partial charge is 0.0873 e. The molecular formula is C17H15PS. The van der Waals surface area contributed by atoms with Crippen molar-refractivity contribution in [2.24, 2.45) is 0 Å². The van der Waals surface area contributed by atoms with Gasteiger partial charge in [0.25, 0.3) is 0 Å². The maximum absolute atomic E-state index is 6.10. The maximum Gasteiger partial charge on any atom is 0.0385 e. The van der Waals surface area contributed by atoms with E-state index in [1.807, 2.05) is 6.07 Å². The number of hydrogen-bond acceptors (Lipinski definition) is 1. The Kier molecular flexibility index (Phi) is 3.50. The average molecular weight is 282 g/mol. The second-order valence-electron chi connectivity index (χ2n) is 4.63. The molecule has 0 fully saturated rings. The van der Waals surface area contributed by atoms with Gasteiger partial charge in [-0.3, -0.25) is 0 Å². The van der Waals surface area contributed by atoms with E-state index in [1.165, 1.54) is 10.9 Å². The fourth-order valence-electron chi connectivity index (χ4n) is 2.46. The first kappa shape index (κ1) is 12.6. The second-order valence-corrected chi connectivity index (χ2v) is 9.23. The average Bonchev–Trinajstić information content (AvgIpc) is 2.49. The zero-order valence-electron chi connectivity index (χ0n) is 10.5. The summed E-state index contributed by atoms with van der Waals surface area (Å²) in [4.78, 5) is 0. The van der Waals surface area contributed by atoms with Gasteiger partial charge in [-0.2, -0.15) is 0 Å². The molecule has 0 amide bonds. The summed E-state index contributed by atoms with van der Waals surface area (Å²) < 4.78 is 0. The molecule has 0 saturated carbocycles. The minimum Gasteiger partial charge on any atom is -0.0873 e. The molecular weight excluding hydrogens is 267 g/mol. The monoisotopic (exact) mass is 282 g/mol. The third-order valence-electron chi connectivity index (χ3n) is 3.43. The quantitative estimate of drug-likeness (QED) is 0.724. The van der Waals surface area contributed by atoms with E-state index in [0.717, 1.165) is 0 Å². The molecule has 19 heavy (non-hydrogen) atoms. The van der Waals surface area contributed by atoms with Crippen LogP contribution in [-0.4, -0.2) is 0 Å². The lowest BCUT2D eigenvalue weighted by atomic mass is 10.1. The van der Waals surface area contributed by atoms with Crippen LogP contribution in [0.15, 0.2) is 84.7 Å². The van der Waals surface area contributed by atoms with Gasteiger partial charge in [0.2, 0.25) is 0 Å². The van der Waals surface area contributed by atoms with Crippen molar-refractivity contribution in [1.82, 2.24) is 0 Å². The summed E-state index contributed by atoms with van der Waals surface area (Å²) >= 11 is 6.10. The molecule has 2 heteroatoms. The molecule has 0 N–H and O–H groups in total. The summed E-state index contributed by atoms with van der Waals surface area (Å²) in [6.07, 6.45) is 6.47. The third-order valence-corrected chi connectivity index (χ3v) is 8.12. The van der Waals surface area contributed by atoms with Gasteiger partial charge in [-0.25, -0.2) is 0 Å². The summed E-state index contributed by atoms with van der Waals surface area (Å²) in [5.41, 5.74) is 1.63. The molecule has 2 aromatic rings. The Labute approximate surface area is 119 Å². The standard InChI is InChI=1S/C17H15PS/c19-18(16-11-5-2-6-12-16)14-8-7-13-17(18)15-9-3-1-4-10-15/h1-14,17H. The van der Waals surface area contributed by atoms with Crippen molar-refractivity contribution in [3.63, 3.8) is 0 Å². The molecule has 0 aliphatic carbocycles. The van der Waals surface area contributed by atoms with Crippen LogP contribution in [0.3, 0.4) is 0 Å². The van der Waals surface area contributed by atoms with Crippen LogP contribution in [0.1, 0.15) is 11.2 Å². The fourth-order valence-corrected chi connectivity index (χ4v) is 6.25. The summed E-state index contributed by atoms with van der Waals surface area (Å²) in [5, 5.41) is 1.29. The van der Waals surface area contributed by atoms with Gasteiger partial charge in [0, 0.05) is 11.7 Å². The van der Waals surface area contributed by atoms with Crippen LogP contribution in [0.25, 0.3) is 0 Å². The van der Waals surface area contributed by atoms with E-state index < -0.39 is 6.04 Å². The first-order valence-corrected chi connectivity index (χ1v) is 9.31. The van der Waals surface area contributed by atoms with Crippen LogP contribution in [-0.2, 0) is 11.8 Å². The van der Waals surface area contributed by atoms with Gasteiger partial charge < -0.3 is 0 Å². The zero-order valence-corrected chi connectivity index (χ0v) is 12.2. The van der Waals surface area contributed by atoms with E-state index in [2.05, 4.69) is 78.6 Å². The number of hydrogen-bond donors (Lipinski definition) is 0. The number of allylic oxidation sites excluding steroid dienone is 3. The van der Waals surface area contributed by atoms with Crippen molar-refractivity contribution in [3.8, 4) is 0 Å². The van der Waals surface area contributed by atoms with E-state index in [4.69, 9.17) is 11.8 Å². The molecule has 2 unspecified atom stereocenters. The topological polar surface area (TPSA) is 0 Å². The molecule has 0 aromatic heterocycles. The maximum atomic E-state index is 6.10. The van der Waals surface area contributed by atoms with E-state index >= 15 is 0 Å². The van der Waals surface area contributed by atoms with Crippen LogP contribution in [0, 0.1) is 0 Å². The Morgan fingerprint density at radius 1 is 0.789 bits per heavy atom. The normalized spacial score (nSPS) is 25.4. The highest BCUT2D eigenvalue weighted by Crippen LogP contribution is 2.61. The Morgan fingerprint density at radius 3 is 2.11 bits per heavy atom. The van der Waals surface area contributed by atoms with Crippen LogP contribution in [0.2, 0.25) is 0 Å². The highest BCUT2D eigenvalue weighted by Gasteiger charge is 2.28. The summed E-state index contributed by atoms with van der Waals surface area (Å²) in [6, 6.07) is 19.4.